The summed E-state index contributed by atoms with van der Waals surface area (Å²) in [7, 11) is 0. The van der Waals surface area contributed by atoms with Crippen LogP contribution >= 0.6 is 11.3 Å². The third-order valence-corrected chi connectivity index (χ3v) is 4.94. The molecule has 0 saturated carbocycles. The zero-order chi connectivity index (χ0) is 15.6. The molecule has 116 valence electrons. The summed E-state index contributed by atoms with van der Waals surface area (Å²) in [6.07, 6.45) is 1.92. The highest BCUT2D eigenvalue weighted by molar-refractivity contribution is 7.11. The van der Waals surface area contributed by atoms with E-state index in [-0.39, 0.29) is 12.1 Å². The summed E-state index contributed by atoms with van der Waals surface area (Å²) in [4.78, 5) is 5.71. The van der Waals surface area contributed by atoms with Crippen molar-refractivity contribution in [3.63, 3.8) is 0 Å². The molecule has 5 nitrogen and oxygen atoms in total. The normalized spacial score (nSPS) is 12.1. The number of nitrogens with zero attached hydrogens (tertiary/aromatic N) is 3. The zero-order valence-corrected chi connectivity index (χ0v) is 14.2. The maximum absolute atomic E-state index is 9.07. The van der Waals surface area contributed by atoms with Gasteiger partial charge in [0.15, 0.2) is 0 Å². The zero-order valence-electron chi connectivity index (χ0n) is 13.4. The lowest BCUT2D eigenvalue weighted by Crippen LogP contribution is -2.36. The SMILES string of the molecule is Cc1cnc(C(C)(C)NCc2c(C)nn(CCO)c2C)s1. The van der Waals surface area contributed by atoms with Crippen molar-refractivity contribution in [3.05, 3.63) is 33.0 Å². The van der Waals surface area contributed by atoms with Crippen LogP contribution in [0.15, 0.2) is 6.20 Å². The van der Waals surface area contributed by atoms with Crippen LogP contribution in [0.3, 0.4) is 0 Å². The Kier molecular flexibility index (Phi) is 4.81. The van der Waals surface area contributed by atoms with E-state index in [1.807, 2.05) is 24.7 Å². The van der Waals surface area contributed by atoms with Crippen LogP contribution in [0.1, 0.15) is 40.7 Å². The Hall–Kier alpha value is -1.24. The van der Waals surface area contributed by atoms with E-state index < -0.39 is 0 Å². The summed E-state index contributed by atoms with van der Waals surface area (Å²) in [5.41, 5.74) is 3.15. The van der Waals surface area contributed by atoms with Gasteiger partial charge >= 0.3 is 0 Å². The molecule has 6 heteroatoms. The molecular weight excluding hydrogens is 284 g/mol. The molecule has 0 aliphatic rings. The highest BCUT2D eigenvalue weighted by Crippen LogP contribution is 2.25. The molecule has 2 rings (SSSR count). The number of aliphatic hydroxyl groups is 1. The van der Waals surface area contributed by atoms with Crippen molar-refractivity contribution in [2.24, 2.45) is 0 Å². The van der Waals surface area contributed by atoms with Gasteiger partial charge in [-0.3, -0.25) is 4.68 Å². The second kappa shape index (κ2) is 6.25. The van der Waals surface area contributed by atoms with Crippen LogP contribution in [0.25, 0.3) is 0 Å². The minimum Gasteiger partial charge on any atom is -0.394 e. The van der Waals surface area contributed by atoms with E-state index in [2.05, 4.69) is 36.2 Å². The summed E-state index contributed by atoms with van der Waals surface area (Å²) in [6, 6.07) is 0. The van der Waals surface area contributed by atoms with Gasteiger partial charge in [0.05, 0.1) is 24.4 Å². The Bertz CT molecular complexity index is 615. The van der Waals surface area contributed by atoms with Crippen LogP contribution < -0.4 is 5.32 Å². The summed E-state index contributed by atoms with van der Waals surface area (Å²) < 4.78 is 1.87. The highest BCUT2D eigenvalue weighted by atomic mass is 32.1. The second-order valence-corrected chi connectivity index (χ2v) is 7.09. The molecule has 0 aliphatic carbocycles. The fourth-order valence-corrected chi connectivity index (χ4v) is 3.17. The predicted octanol–water partition coefficient (Wildman–Crippen LogP) is 2.28. The van der Waals surface area contributed by atoms with Crippen LogP contribution in [0.2, 0.25) is 0 Å². The molecule has 0 amide bonds. The first-order chi connectivity index (χ1) is 9.85. The lowest BCUT2D eigenvalue weighted by Gasteiger charge is -2.24. The Morgan fingerprint density at radius 1 is 1.33 bits per heavy atom. The molecule has 0 fully saturated rings. The standard InChI is InChI=1S/C15H24N4OS/c1-10-8-16-14(21-10)15(4,5)17-9-13-11(2)18-19(6-7-20)12(13)3/h8,17,20H,6-7,9H2,1-5H3. The average Bonchev–Trinajstić information content (AvgIpc) is 2.95. The Morgan fingerprint density at radius 3 is 2.62 bits per heavy atom. The van der Waals surface area contributed by atoms with Crippen LogP contribution in [0, 0.1) is 20.8 Å². The second-order valence-electron chi connectivity index (χ2n) is 5.85. The molecular formula is C15H24N4OS. The van der Waals surface area contributed by atoms with Crippen molar-refractivity contribution in [1.29, 1.82) is 0 Å². The number of rotatable bonds is 6. The van der Waals surface area contributed by atoms with Gasteiger partial charge in [0.25, 0.3) is 0 Å². The Morgan fingerprint density at radius 2 is 2.05 bits per heavy atom. The van der Waals surface area contributed by atoms with Gasteiger partial charge in [-0.15, -0.1) is 11.3 Å². The van der Waals surface area contributed by atoms with Gasteiger partial charge in [0.1, 0.15) is 5.01 Å². The van der Waals surface area contributed by atoms with E-state index in [0.29, 0.717) is 6.54 Å². The van der Waals surface area contributed by atoms with Crippen LogP contribution in [0.4, 0.5) is 0 Å². The maximum atomic E-state index is 9.07. The maximum Gasteiger partial charge on any atom is 0.112 e. The van der Waals surface area contributed by atoms with Gasteiger partial charge < -0.3 is 10.4 Å². The van der Waals surface area contributed by atoms with E-state index in [4.69, 9.17) is 5.11 Å². The van der Waals surface area contributed by atoms with Crippen molar-refractivity contribution >= 4 is 11.3 Å². The Labute approximate surface area is 130 Å². The molecule has 21 heavy (non-hydrogen) atoms. The van der Waals surface area contributed by atoms with E-state index in [0.717, 1.165) is 22.9 Å². The van der Waals surface area contributed by atoms with Crippen molar-refractivity contribution in [2.45, 2.75) is 53.2 Å². The van der Waals surface area contributed by atoms with Crippen molar-refractivity contribution in [1.82, 2.24) is 20.1 Å². The molecule has 0 aliphatic heterocycles. The van der Waals surface area contributed by atoms with Crippen molar-refractivity contribution in [3.8, 4) is 0 Å². The number of thiazole rings is 1. The van der Waals surface area contributed by atoms with E-state index in [1.165, 1.54) is 10.4 Å². The fraction of sp³-hybridized carbons (Fsp3) is 0.600. The van der Waals surface area contributed by atoms with Crippen molar-refractivity contribution < 1.29 is 5.11 Å². The Balaban J connectivity index is 2.12. The smallest absolute Gasteiger partial charge is 0.112 e. The van der Waals surface area contributed by atoms with E-state index in [1.54, 1.807) is 11.3 Å². The number of hydrogen-bond acceptors (Lipinski definition) is 5. The summed E-state index contributed by atoms with van der Waals surface area (Å²) in [5.74, 6) is 0. The monoisotopic (exact) mass is 308 g/mol. The van der Waals surface area contributed by atoms with Gasteiger partial charge in [-0.05, 0) is 34.6 Å². The van der Waals surface area contributed by atoms with Gasteiger partial charge in [0, 0.05) is 28.9 Å². The molecule has 2 aromatic rings. The van der Waals surface area contributed by atoms with Gasteiger partial charge in [-0.2, -0.15) is 5.10 Å². The van der Waals surface area contributed by atoms with E-state index >= 15 is 0 Å². The minimum atomic E-state index is -0.170. The van der Waals surface area contributed by atoms with Gasteiger partial charge in [-0.25, -0.2) is 4.98 Å². The highest BCUT2D eigenvalue weighted by Gasteiger charge is 2.24. The third-order valence-electron chi connectivity index (χ3n) is 3.71. The molecule has 0 aromatic carbocycles. The molecule has 2 heterocycles. The first-order valence-electron chi connectivity index (χ1n) is 7.17. The summed E-state index contributed by atoms with van der Waals surface area (Å²) >= 11 is 1.72. The molecule has 2 N–H and O–H groups in total. The lowest BCUT2D eigenvalue weighted by atomic mass is 10.1. The molecule has 0 radical (unpaired) electrons. The van der Waals surface area contributed by atoms with E-state index in [9.17, 15) is 0 Å². The minimum absolute atomic E-state index is 0.110. The molecule has 0 bridgehead atoms. The summed E-state index contributed by atoms with van der Waals surface area (Å²) in [6.45, 7) is 11.8. The number of aryl methyl sites for hydroxylation is 2. The molecule has 0 spiro atoms. The molecule has 0 saturated heterocycles. The first kappa shape index (κ1) is 16.1. The number of nitrogens with one attached hydrogen (secondary N) is 1. The van der Waals surface area contributed by atoms with Crippen LogP contribution in [-0.4, -0.2) is 26.5 Å². The molecule has 2 aromatic heterocycles. The number of hydrogen-bond donors (Lipinski definition) is 2. The van der Waals surface area contributed by atoms with Crippen LogP contribution in [-0.2, 0) is 18.6 Å². The fourth-order valence-electron chi connectivity index (χ4n) is 2.33. The number of aliphatic hydroxyl groups excluding tert-OH is 1. The molecule has 0 unspecified atom stereocenters. The summed E-state index contributed by atoms with van der Waals surface area (Å²) in [5, 5.41) is 18.2. The van der Waals surface area contributed by atoms with Crippen molar-refractivity contribution in [2.75, 3.05) is 6.61 Å². The predicted molar refractivity (Wildman–Crippen MR) is 85.5 cm³/mol. The quantitative estimate of drug-likeness (QED) is 0.859. The molecule has 0 atom stereocenters. The number of aromatic nitrogens is 3. The average molecular weight is 308 g/mol. The first-order valence-corrected chi connectivity index (χ1v) is 7.98. The lowest BCUT2D eigenvalue weighted by molar-refractivity contribution is 0.267. The largest absolute Gasteiger partial charge is 0.394 e. The topological polar surface area (TPSA) is 63.0 Å². The van der Waals surface area contributed by atoms with Gasteiger partial charge in [0.2, 0.25) is 0 Å². The van der Waals surface area contributed by atoms with Gasteiger partial charge in [-0.1, -0.05) is 0 Å². The van der Waals surface area contributed by atoms with Crippen LogP contribution in [0.5, 0.6) is 0 Å². The third kappa shape index (κ3) is 3.51.